The summed E-state index contributed by atoms with van der Waals surface area (Å²) >= 11 is 6.07. The molecule has 4 nitrogen and oxygen atoms in total. The molecule has 0 radical (unpaired) electrons. The zero-order valence-corrected chi connectivity index (χ0v) is 13.8. The Balaban J connectivity index is 2.08. The van der Waals surface area contributed by atoms with Crippen LogP contribution >= 0.6 is 11.6 Å². The van der Waals surface area contributed by atoms with Crippen LogP contribution in [0.25, 0.3) is 0 Å². The minimum Gasteiger partial charge on any atom is -0.350 e. The second-order valence-corrected chi connectivity index (χ2v) is 6.73. The van der Waals surface area contributed by atoms with Gasteiger partial charge in [0.25, 0.3) is 5.91 Å². The van der Waals surface area contributed by atoms with Crippen LogP contribution in [-0.2, 0) is 0 Å². The summed E-state index contributed by atoms with van der Waals surface area (Å²) in [6, 6.07) is 0. The van der Waals surface area contributed by atoms with Gasteiger partial charge in [-0.1, -0.05) is 45.2 Å². The number of amides is 1. The van der Waals surface area contributed by atoms with Gasteiger partial charge in [-0.2, -0.15) is 0 Å². The summed E-state index contributed by atoms with van der Waals surface area (Å²) in [4.78, 5) is 20.8. The molecule has 0 aromatic carbocycles. The maximum absolute atomic E-state index is 12.4. The van der Waals surface area contributed by atoms with Crippen molar-refractivity contribution in [2.45, 2.75) is 58.8 Å². The van der Waals surface area contributed by atoms with Crippen LogP contribution in [0.3, 0.4) is 0 Å². The topological polar surface area (TPSA) is 54.9 Å². The Morgan fingerprint density at radius 3 is 2.67 bits per heavy atom. The van der Waals surface area contributed by atoms with E-state index in [1.54, 1.807) is 0 Å². The molecule has 1 amide bonds. The lowest BCUT2D eigenvalue weighted by Gasteiger charge is -2.27. The van der Waals surface area contributed by atoms with E-state index in [-0.39, 0.29) is 17.2 Å². The molecule has 0 bridgehead atoms. The summed E-state index contributed by atoms with van der Waals surface area (Å²) in [5.74, 6) is 0.630. The highest BCUT2D eigenvalue weighted by atomic mass is 35.5. The minimum absolute atomic E-state index is 0.172. The zero-order chi connectivity index (χ0) is 15.5. The third-order valence-corrected chi connectivity index (χ3v) is 4.81. The van der Waals surface area contributed by atoms with Crippen molar-refractivity contribution in [2.75, 3.05) is 6.54 Å². The summed E-state index contributed by atoms with van der Waals surface area (Å²) in [6.45, 7) is 6.90. The van der Waals surface area contributed by atoms with E-state index in [9.17, 15) is 4.79 Å². The van der Waals surface area contributed by atoms with Crippen molar-refractivity contribution in [2.24, 2.45) is 5.41 Å². The van der Waals surface area contributed by atoms with Crippen molar-refractivity contribution in [3.05, 3.63) is 22.7 Å². The molecule has 0 atom stereocenters. The number of halogens is 1. The fraction of sp³-hybridized carbons (Fsp3) is 0.688. The average Bonchev–Trinajstić information content (AvgIpc) is 2.94. The van der Waals surface area contributed by atoms with Crippen molar-refractivity contribution in [3.8, 4) is 0 Å². The zero-order valence-electron chi connectivity index (χ0n) is 13.1. The van der Waals surface area contributed by atoms with Gasteiger partial charge in [0.2, 0.25) is 0 Å². The number of hydrogen-bond acceptors (Lipinski definition) is 3. The van der Waals surface area contributed by atoms with Crippen LogP contribution in [0.15, 0.2) is 6.20 Å². The molecule has 116 valence electrons. The van der Waals surface area contributed by atoms with Crippen LogP contribution in [0.2, 0.25) is 5.02 Å². The standard InChI is InChI=1S/C16H24ClN3O/c1-4-16(7-5-6-8-16)10-19-15(21)13-12(17)9-18-14(20-13)11(2)3/h9,11H,4-8,10H2,1-3H3,(H,19,21). The Morgan fingerprint density at radius 1 is 1.43 bits per heavy atom. The SMILES string of the molecule is CCC1(CNC(=O)c2nc(C(C)C)ncc2Cl)CCCC1. The first-order valence-corrected chi connectivity index (χ1v) is 8.16. The third-order valence-electron chi connectivity index (χ3n) is 4.53. The number of carbonyl (C=O) groups excluding carboxylic acids is 1. The highest BCUT2D eigenvalue weighted by Crippen LogP contribution is 2.40. The van der Waals surface area contributed by atoms with Gasteiger partial charge in [-0.15, -0.1) is 0 Å². The molecule has 1 saturated carbocycles. The maximum Gasteiger partial charge on any atom is 0.271 e. The molecule has 21 heavy (non-hydrogen) atoms. The lowest BCUT2D eigenvalue weighted by Crippen LogP contribution is -2.36. The van der Waals surface area contributed by atoms with Crippen LogP contribution in [0.5, 0.6) is 0 Å². The molecule has 1 aromatic rings. The quantitative estimate of drug-likeness (QED) is 0.896. The Bertz CT molecular complexity index is 510. The van der Waals surface area contributed by atoms with E-state index in [0.29, 0.717) is 23.1 Å². The van der Waals surface area contributed by atoms with Crippen LogP contribution < -0.4 is 5.32 Å². The van der Waals surface area contributed by atoms with Crippen LogP contribution in [0.4, 0.5) is 0 Å². The van der Waals surface area contributed by atoms with E-state index in [1.165, 1.54) is 31.9 Å². The highest BCUT2D eigenvalue weighted by molar-refractivity contribution is 6.33. The molecule has 0 spiro atoms. The van der Waals surface area contributed by atoms with Gasteiger partial charge in [0, 0.05) is 12.5 Å². The van der Waals surface area contributed by atoms with E-state index < -0.39 is 0 Å². The van der Waals surface area contributed by atoms with Gasteiger partial charge in [0.05, 0.1) is 11.2 Å². The summed E-state index contributed by atoms with van der Waals surface area (Å²) < 4.78 is 0. The summed E-state index contributed by atoms with van der Waals surface area (Å²) in [5, 5.41) is 3.34. The van der Waals surface area contributed by atoms with Crippen LogP contribution in [0.1, 0.15) is 75.1 Å². The van der Waals surface area contributed by atoms with Gasteiger partial charge in [-0.3, -0.25) is 4.79 Å². The number of rotatable bonds is 5. The highest BCUT2D eigenvalue weighted by Gasteiger charge is 2.32. The Morgan fingerprint density at radius 2 is 2.10 bits per heavy atom. The van der Waals surface area contributed by atoms with Gasteiger partial charge < -0.3 is 5.32 Å². The monoisotopic (exact) mass is 309 g/mol. The maximum atomic E-state index is 12.4. The van der Waals surface area contributed by atoms with Crippen molar-refractivity contribution in [3.63, 3.8) is 0 Å². The Labute approximate surface area is 131 Å². The largest absolute Gasteiger partial charge is 0.350 e. The third kappa shape index (κ3) is 3.73. The summed E-state index contributed by atoms with van der Waals surface area (Å²) in [6.07, 6.45) is 7.52. The lowest BCUT2D eigenvalue weighted by molar-refractivity contribution is 0.0923. The molecule has 2 rings (SSSR count). The molecule has 1 aliphatic rings. The van der Waals surface area contributed by atoms with Crippen LogP contribution in [-0.4, -0.2) is 22.4 Å². The molecule has 0 unspecified atom stereocenters. The van der Waals surface area contributed by atoms with E-state index in [4.69, 9.17) is 11.6 Å². The van der Waals surface area contributed by atoms with Crippen LogP contribution in [0, 0.1) is 5.41 Å². The molecule has 1 heterocycles. The lowest BCUT2D eigenvalue weighted by atomic mass is 9.83. The summed E-state index contributed by atoms with van der Waals surface area (Å²) in [5.41, 5.74) is 0.551. The minimum atomic E-state index is -0.191. The second kappa shape index (κ2) is 6.73. The molecule has 5 heteroatoms. The Hall–Kier alpha value is -1.16. The smallest absolute Gasteiger partial charge is 0.271 e. The van der Waals surface area contributed by atoms with Crippen molar-refractivity contribution >= 4 is 17.5 Å². The van der Waals surface area contributed by atoms with E-state index in [1.807, 2.05) is 13.8 Å². The van der Waals surface area contributed by atoms with E-state index in [0.717, 1.165) is 6.42 Å². The molecule has 0 saturated heterocycles. The first-order valence-electron chi connectivity index (χ1n) is 7.78. The number of nitrogens with one attached hydrogen (secondary N) is 1. The fourth-order valence-electron chi connectivity index (χ4n) is 2.95. The van der Waals surface area contributed by atoms with E-state index >= 15 is 0 Å². The van der Waals surface area contributed by atoms with Crippen molar-refractivity contribution in [1.29, 1.82) is 0 Å². The fourth-order valence-corrected chi connectivity index (χ4v) is 3.13. The summed E-state index contributed by atoms with van der Waals surface area (Å²) in [7, 11) is 0. The molecule has 0 aliphatic heterocycles. The first kappa shape index (κ1) is 16.2. The van der Waals surface area contributed by atoms with Gasteiger partial charge in [0.15, 0.2) is 0 Å². The van der Waals surface area contributed by atoms with Crippen molar-refractivity contribution in [1.82, 2.24) is 15.3 Å². The average molecular weight is 310 g/mol. The molecule has 1 aliphatic carbocycles. The van der Waals surface area contributed by atoms with Gasteiger partial charge in [0.1, 0.15) is 11.5 Å². The predicted molar refractivity (Wildman–Crippen MR) is 84.7 cm³/mol. The second-order valence-electron chi connectivity index (χ2n) is 6.32. The molecular weight excluding hydrogens is 286 g/mol. The molecular formula is C16H24ClN3O. The van der Waals surface area contributed by atoms with Crippen molar-refractivity contribution < 1.29 is 4.79 Å². The molecule has 1 aromatic heterocycles. The number of aromatic nitrogens is 2. The normalized spacial score (nSPS) is 17.2. The molecule has 1 fully saturated rings. The van der Waals surface area contributed by atoms with Gasteiger partial charge in [-0.25, -0.2) is 9.97 Å². The Kier molecular flexibility index (Phi) is 5.20. The van der Waals surface area contributed by atoms with Gasteiger partial charge in [-0.05, 0) is 24.7 Å². The number of nitrogens with zero attached hydrogens (tertiary/aromatic N) is 2. The first-order chi connectivity index (χ1) is 9.97. The number of hydrogen-bond donors (Lipinski definition) is 1. The number of carbonyl (C=O) groups is 1. The molecule has 1 N–H and O–H groups in total. The van der Waals surface area contributed by atoms with E-state index in [2.05, 4.69) is 22.2 Å². The predicted octanol–water partition coefficient (Wildman–Crippen LogP) is 3.95. The van der Waals surface area contributed by atoms with Gasteiger partial charge >= 0.3 is 0 Å².